The molecule has 2 heteroatoms. The van der Waals surface area contributed by atoms with Crippen LogP contribution in [0.5, 0.6) is 0 Å². The van der Waals surface area contributed by atoms with Gasteiger partial charge in [-0.25, -0.2) is 0 Å². The minimum absolute atomic E-state index is 0.721. The van der Waals surface area contributed by atoms with Crippen LogP contribution in [0, 0.1) is 17.8 Å². The summed E-state index contributed by atoms with van der Waals surface area (Å²) in [4.78, 5) is 4.76. The molecule has 1 saturated carbocycles. The lowest BCUT2D eigenvalue weighted by Crippen LogP contribution is -2.36. The number of hydrogen-bond acceptors (Lipinski definition) is 2. The number of aryl methyl sites for hydroxylation is 1. The van der Waals surface area contributed by atoms with E-state index >= 15 is 0 Å². The third-order valence-electron chi connectivity index (χ3n) is 5.91. The van der Waals surface area contributed by atoms with Gasteiger partial charge in [0.2, 0.25) is 0 Å². The van der Waals surface area contributed by atoms with Gasteiger partial charge in [0.25, 0.3) is 0 Å². The van der Waals surface area contributed by atoms with Crippen LogP contribution in [0.3, 0.4) is 0 Å². The molecular weight excluding hydrogens is 256 g/mol. The molecule has 1 heterocycles. The Morgan fingerprint density at radius 2 is 2.14 bits per heavy atom. The van der Waals surface area contributed by atoms with Crippen molar-refractivity contribution in [2.24, 2.45) is 17.8 Å². The van der Waals surface area contributed by atoms with Crippen LogP contribution in [0.25, 0.3) is 0 Å². The van der Waals surface area contributed by atoms with E-state index in [0.717, 1.165) is 30.2 Å². The lowest BCUT2D eigenvalue weighted by Gasteiger charge is -2.39. The van der Waals surface area contributed by atoms with Crippen molar-refractivity contribution >= 4 is 0 Å². The molecule has 3 rings (SSSR count). The molecular formula is C19H30N2. The van der Waals surface area contributed by atoms with Crippen molar-refractivity contribution in [1.82, 2.24) is 10.3 Å². The van der Waals surface area contributed by atoms with E-state index in [4.69, 9.17) is 4.98 Å². The van der Waals surface area contributed by atoms with Gasteiger partial charge in [0, 0.05) is 17.8 Å². The third kappa shape index (κ3) is 3.15. The van der Waals surface area contributed by atoms with Gasteiger partial charge in [-0.2, -0.15) is 0 Å². The summed E-state index contributed by atoms with van der Waals surface area (Å²) in [6, 6.07) is 4.40. The molecule has 0 aliphatic heterocycles. The SMILES string of the molecule is CCNCC1CCC(CC)CC1C1CCc2cccnc21. The molecule has 2 nitrogen and oxygen atoms in total. The maximum atomic E-state index is 4.76. The Kier molecular flexibility index (Phi) is 4.95. The van der Waals surface area contributed by atoms with Crippen LogP contribution in [0.1, 0.15) is 63.1 Å². The van der Waals surface area contributed by atoms with E-state index in [1.165, 1.54) is 56.3 Å². The zero-order chi connectivity index (χ0) is 14.7. The largest absolute Gasteiger partial charge is 0.317 e. The number of nitrogens with one attached hydrogen (secondary N) is 1. The first kappa shape index (κ1) is 15.0. The van der Waals surface area contributed by atoms with Gasteiger partial charge in [0.05, 0.1) is 0 Å². The Morgan fingerprint density at radius 1 is 1.24 bits per heavy atom. The molecule has 4 atom stereocenters. The van der Waals surface area contributed by atoms with E-state index in [9.17, 15) is 0 Å². The number of rotatable bonds is 5. The molecule has 0 spiro atoms. The number of pyridine rings is 1. The average molecular weight is 286 g/mol. The van der Waals surface area contributed by atoms with Crippen molar-refractivity contribution in [1.29, 1.82) is 0 Å². The van der Waals surface area contributed by atoms with Crippen molar-refractivity contribution in [3.8, 4) is 0 Å². The Hall–Kier alpha value is -0.890. The standard InChI is InChI=1S/C19H30N2/c1-3-14-7-8-16(13-20-4-2)18(12-14)17-10-9-15-6-5-11-21-19(15)17/h5-6,11,14,16-18,20H,3-4,7-10,12-13H2,1-2H3. The van der Waals surface area contributed by atoms with E-state index in [1.807, 2.05) is 6.20 Å². The molecule has 4 unspecified atom stereocenters. The van der Waals surface area contributed by atoms with Crippen molar-refractivity contribution in [2.45, 2.75) is 58.3 Å². The summed E-state index contributed by atoms with van der Waals surface area (Å²) in [6.45, 7) is 6.89. The summed E-state index contributed by atoms with van der Waals surface area (Å²) >= 11 is 0. The van der Waals surface area contributed by atoms with Gasteiger partial charge in [-0.15, -0.1) is 0 Å². The highest BCUT2D eigenvalue weighted by Gasteiger charge is 2.38. The lowest BCUT2D eigenvalue weighted by molar-refractivity contribution is 0.144. The molecule has 1 aromatic rings. The topological polar surface area (TPSA) is 24.9 Å². The molecule has 0 bridgehead atoms. The number of nitrogens with zero attached hydrogens (tertiary/aromatic N) is 1. The van der Waals surface area contributed by atoms with Gasteiger partial charge in [0.15, 0.2) is 0 Å². The third-order valence-corrected chi connectivity index (χ3v) is 5.91. The second kappa shape index (κ2) is 6.91. The van der Waals surface area contributed by atoms with E-state index in [0.29, 0.717) is 0 Å². The molecule has 1 fully saturated rings. The van der Waals surface area contributed by atoms with Crippen LogP contribution in [0.15, 0.2) is 18.3 Å². The fraction of sp³-hybridized carbons (Fsp3) is 0.737. The Labute approximate surface area is 129 Å². The van der Waals surface area contributed by atoms with E-state index < -0.39 is 0 Å². The Balaban J connectivity index is 1.79. The van der Waals surface area contributed by atoms with Crippen molar-refractivity contribution < 1.29 is 0 Å². The summed E-state index contributed by atoms with van der Waals surface area (Å²) in [5.74, 6) is 3.37. The fourth-order valence-electron chi connectivity index (χ4n) is 4.67. The quantitative estimate of drug-likeness (QED) is 0.879. The fourth-order valence-corrected chi connectivity index (χ4v) is 4.67. The first-order valence-electron chi connectivity index (χ1n) is 8.98. The van der Waals surface area contributed by atoms with Crippen LogP contribution in [-0.2, 0) is 6.42 Å². The highest BCUT2D eigenvalue weighted by Crippen LogP contribution is 2.47. The zero-order valence-electron chi connectivity index (χ0n) is 13.6. The first-order valence-corrected chi connectivity index (χ1v) is 8.98. The maximum Gasteiger partial charge on any atom is 0.0469 e. The summed E-state index contributed by atoms with van der Waals surface area (Å²) in [5.41, 5.74) is 2.95. The monoisotopic (exact) mass is 286 g/mol. The average Bonchev–Trinajstić information content (AvgIpc) is 2.96. The minimum Gasteiger partial charge on any atom is -0.317 e. The van der Waals surface area contributed by atoms with Crippen LogP contribution in [0.4, 0.5) is 0 Å². The first-order chi connectivity index (χ1) is 10.3. The second-order valence-electron chi connectivity index (χ2n) is 7.01. The van der Waals surface area contributed by atoms with E-state index in [1.54, 1.807) is 0 Å². The predicted octanol–water partition coefficient (Wildman–Crippen LogP) is 4.16. The Morgan fingerprint density at radius 3 is 2.95 bits per heavy atom. The molecule has 21 heavy (non-hydrogen) atoms. The lowest BCUT2D eigenvalue weighted by atomic mass is 9.67. The smallest absolute Gasteiger partial charge is 0.0469 e. The molecule has 1 aromatic heterocycles. The molecule has 2 aliphatic rings. The molecule has 116 valence electrons. The van der Waals surface area contributed by atoms with Crippen LogP contribution in [-0.4, -0.2) is 18.1 Å². The van der Waals surface area contributed by atoms with Crippen molar-refractivity contribution in [3.05, 3.63) is 29.6 Å². The van der Waals surface area contributed by atoms with Gasteiger partial charge < -0.3 is 5.32 Å². The molecule has 0 amide bonds. The summed E-state index contributed by atoms with van der Waals surface area (Å²) in [5, 5.41) is 3.61. The molecule has 1 N–H and O–H groups in total. The Bertz CT molecular complexity index is 457. The summed E-state index contributed by atoms with van der Waals surface area (Å²) < 4.78 is 0. The minimum atomic E-state index is 0.721. The summed E-state index contributed by atoms with van der Waals surface area (Å²) in [7, 11) is 0. The van der Waals surface area contributed by atoms with Gasteiger partial charge in [0.1, 0.15) is 0 Å². The van der Waals surface area contributed by atoms with Gasteiger partial charge in [-0.1, -0.05) is 32.8 Å². The zero-order valence-corrected chi connectivity index (χ0v) is 13.6. The van der Waals surface area contributed by atoms with Gasteiger partial charge >= 0.3 is 0 Å². The normalized spacial score (nSPS) is 32.1. The predicted molar refractivity (Wildman–Crippen MR) is 88.5 cm³/mol. The number of hydrogen-bond donors (Lipinski definition) is 1. The van der Waals surface area contributed by atoms with Crippen LogP contribution < -0.4 is 5.32 Å². The van der Waals surface area contributed by atoms with Gasteiger partial charge in [-0.3, -0.25) is 4.98 Å². The van der Waals surface area contributed by atoms with E-state index in [2.05, 4.69) is 31.3 Å². The van der Waals surface area contributed by atoms with Crippen molar-refractivity contribution in [2.75, 3.05) is 13.1 Å². The maximum absolute atomic E-state index is 4.76. The molecule has 0 aromatic carbocycles. The highest BCUT2D eigenvalue weighted by molar-refractivity contribution is 5.29. The van der Waals surface area contributed by atoms with E-state index in [-0.39, 0.29) is 0 Å². The highest BCUT2D eigenvalue weighted by atomic mass is 14.9. The molecule has 0 saturated heterocycles. The molecule has 0 radical (unpaired) electrons. The second-order valence-corrected chi connectivity index (χ2v) is 7.01. The van der Waals surface area contributed by atoms with Gasteiger partial charge in [-0.05, 0) is 68.2 Å². The molecule has 2 aliphatic carbocycles. The summed E-state index contributed by atoms with van der Waals surface area (Å²) in [6.07, 6.45) is 10.2. The van der Waals surface area contributed by atoms with Crippen molar-refractivity contribution in [3.63, 3.8) is 0 Å². The van der Waals surface area contributed by atoms with Crippen LogP contribution >= 0.6 is 0 Å². The van der Waals surface area contributed by atoms with Crippen LogP contribution in [0.2, 0.25) is 0 Å². The number of aromatic nitrogens is 1. The number of fused-ring (bicyclic) bond motifs is 1.